The predicted molar refractivity (Wildman–Crippen MR) is 139 cm³/mol. The SMILES string of the molecule is Nc1nc(C(=NO)C(=O)NC2C(=O)N3C(C(=O)S)=C(c4cc(=O)c5ccc(F)cc5s4)CS[C@H]23)cs1. The predicted octanol–water partition coefficient (Wildman–Crippen LogP) is 1.89. The van der Waals surface area contributed by atoms with Gasteiger partial charge in [-0.2, -0.15) is 0 Å². The lowest BCUT2D eigenvalue weighted by Gasteiger charge is -2.49. The standard InChI is InChI=1S/C21H14FN5O5S4/c22-7-1-2-8-11(28)4-13(36-12(8)3-7)9-5-34-19-15(18(30)27(19)16(9)20(31)33)25-17(29)14(26-32)10-6-35-21(23)24-10/h1-4,6,15,19,32H,5H2,(H2,23,24)(H,25,29)(H,31,33)/t15?,19-/m1/s1. The van der Waals surface area contributed by atoms with Gasteiger partial charge < -0.3 is 16.3 Å². The fourth-order valence-electron chi connectivity index (χ4n) is 3.90. The number of nitrogens with two attached hydrogens (primary N) is 1. The number of anilines is 1. The number of thiol groups is 1. The molecule has 15 heteroatoms. The Morgan fingerprint density at radius 2 is 2.08 bits per heavy atom. The summed E-state index contributed by atoms with van der Waals surface area (Å²) in [6.07, 6.45) is 0. The molecule has 2 aromatic heterocycles. The van der Waals surface area contributed by atoms with Gasteiger partial charge in [-0.3, -0.25) is 24.1 Å². The minimum absolute atomic E-state index is 0.00712. The maximum absolute atomic E-state index is 13.8. The van der Waals surface area contributed by atoms with Crippen molar-refractivity contribution >= 4 is 90.5 Å². The van der Waals surface area contributed by atoms with Gasteiger partial charge in [0.15, 0.2) is 16.3 Å². The van der Waals surface area contributed by atoms with Crippen molar-refractivity contribution in [3.63, 3.8) is 0 Å². The van der Waals surface area contributed by atoms with Crippen molar-refractivity contribution in [3.05, 3.63) is 62.0 Å². The Morgan fingerprint density at radius 3 is 2.75 bits per heavy atom. The number of oxime groups is 1. The van der Waals surface area contributed by atoms with Crippen LogP contribution in [0.2, 0.25) is 0 Å². The van der Waals surface area contributed by atoms with Crippen LogP contribution in [0, 0.1) is 5.82 Å². The van der Waals surface area contributed by atoms with Gasteiger partial charge in [0.25, 0.3) is 11.8 Å². The molecule has 1 unspecified atom stereocenters. The topological polar surface area (TPSA) is 155 Å². The molecular formula is C21H14FN5O5S4. The Bertz CT molecular complexity index is 1580. The molecule has 2 atom stereocenters. The van der Waals surface area contributed by atoms with Gasteiger partial charge in [0.1, 0.15) is 28.6 Å². The Hall–Kier alpha value is -3.27. The summed E-state index contributed by atoms with van der Waals surface area (Å²) in [5.41, 5.74) is 5.27. The van der Waals surface area contributed by atoms with Crippen LogP contribution in [0.25, 0.3) is 15.7 Å². The average molecular weight is 564 g/mol. The molecule has 5 rings (SSSR count). The fraction of sp³-hybridized carbons (Fsp3) is 0.143. The highest BCUT2D eigenvalue weighted by Crippen LogP contribution is 2.44. The number of β-lactam (4-membered cyclic amide) rings is 1. The van der Waals surface area contributed by atoms with E-state index in [-0.39, 0.29) is 27.7 Å². The highest BCUT2D eigenvalue weighted by Gasteiger charge is 2.54. The van der Waals surface area contributed by atoms with E-state index >= 15 is 0 Å². The molecular weight excluding hydrogens is 550 g/mol. The van der Waals surface area contributed by atoms with E-state index < -0.39 is 39.9 Å². The number of aromatic nitrogens is 1. The number of carbonyl (C=O) groups is 3. The summed E-state index contributed by atoms with van der Waals surface area (Å²) in [5.74, 6) is -1.70. The molecule has 1 saturated heterocycles. The molecule has 10 nitrogen and oxygen atoms in total. The second-order valence-corrected chi connectivity index (χ2v) is 11.1. The van der Waals surface area contributed by atoms with E-state index in [9.17, 15) is 28.8 Å². The third-order valence-corrected chi connectivity index (χ3v) is 8.83. The highest BCUT2D eigenvalue weighted by molar-refractivity contribution is 8.00. The summed E-state index contributed by atoms with van der Waals surface area (Å²) in [7, 11) is 0. The van der Waals surface area contributed by atoms with Crippen LogP contribution in [-0.4, -0.2) is 54.9 Å². The van der Waals surface area contributed by atoms with Gasteiger partial charge in [-0.25, -0.2) is 9.37 Å². The van der Waals surface area contributed by atoms with E-state index in [1.165, 1.54) is 46.3 Å². The summed E-state index contributed by atoms with van der Waals surface area (Å²) in [5, 5.41) is 15.4. The second kappa shape index (κ2) is 9.31. The van der Waals surface area contributed by atoms with Crippen LogP contribution in [0.4, 0.5) is 9.52 Å². The normalized spacial score (nSPS) is 19.8. The molecule has 0 spiro atoms. The minimum Gasteiger partial charge on any atom is -0.410 e. The molecule has 0 bridgehead atoms. The number of thiazole rings is 1. The Balaban J connectivity index is 1.45. The zero-order chi connectivity index (χ0) is 25.7. The van der Waals surface area contributed by atoms with E-state index in [1.807, 2.05) is 0 Å². The molecule has 3 aromatic rings. The third-order valence-electron chi connectivity index (χ3n) is 5.53. The molecule has 4 N–H and O–H groups in total. The van der Waals surface area contributed by atoms with Crippen molar-refractivity contribution in [1.29, 1.82) is 0 Å². The van der Waals surface area contributed by atoms with Crippen LogP contribution in [0.1, 0.15) is 10.6 Å². The quantitative estimate of drug-likeness (QED) is 0.121. The lowest BCUT2D eigenvalue weighted by Crippen LogP contribution is -2.70. The van der Waals surface area contributed by atoms with Crippen LogP contribution < -0.4 is 16.5 Å². The first-order valence-corrected chi connectivity index (χ1v) is 13.3. The zero-order valence-electron chi connectivity index (χ0n) is 17.8. The van der Waals surface area contributed by atoms with Crippen molar-refractivity contribution in [2.24, 2.45) is 5.16 Å². The number of hydrogen-bond donors (Lipinski definition) is 4. The van der Waals surface area contributed by atoms with Gasteiger partial charge in [0, 0.05) is 37.7 Å². The Kier molecular flexibility index (Phi) is 6.32. The van der Waals surface area contributed by atoms with Gasteiger partial charge in [0.2, 0.25) is 5.12 Å². The molecule has 184 valence electrons. The number of halogens is 1. The second-order valence-electron chi connectivity index (χ2n) is 7.63. The molecule has 2 amide bonds. The van der Waals surface area contributed by atoms with Gasteiger partial charge in [-0.1, -0.05) is 17.8 Å². The molecule has 0 aliphatic carbocycles. The first-order valence-electron chi connectivity index (χ1n) is 10.1. The maximum atomic E-state index is 13.8. The first-order chi connectivity index (χ1) is 17.2. The van der Waals surface area contributed by atoms with Gasteiger partial charge in [-0.05, 0) is 18.2 Å². The van der Waals surface area contributed by atoms with E-state index in [4.69, 9.17) is 5.73 Å². The summed E-state index contributed by atoms with van der Waals surface area (Å²) < 4.78 is 14.2. The van der Waals surface area contributed by atoms with Gasteiger partial charge >= 0.3 is 0 Å². The van der Waals surface area contributed by atoms with Crippen molar-refractivity contribution < 1.29 is 24.0 Å². The molecule has 0 saturated carbocycles. The van der Waals surface area contributed by atoms with Crippen molar-refractivity contribution in [1.82, 2.24) is 15.2 Å². The molecule has 1 aromatic carbocycles. The van der Waals surface area contributed by atoms with Crippen molar-refractivity contribution in [2.45, 2.75) is 11.4 Å². The number of nitrogens with one attached hydrogen (secondary N) is 1. The van der Waals surface area contributed by atoms with Crippen LogP contribution in [0.5, 0.6) is 0 Å². The number of carbonyl (C=O) groups excluding carboxylic acids is 3. The van der Waals surface area contributed by atoms with Crippen LogP contribution in [0.3, 0.4) is 0 Å². The molecule has 4 heterocycles. The minimum atomic E-state index is -1.01. The molecule has 1 fully saturated rings. The monoisotopic (exact) mass is 563 g/mol. The fourth-order valence-corrected chi connectivity index (χ4v) is 7.30. The number of thioether (sulfide) groups is 1. The van der Waals surface area contributed by atoms with E-state index in [0.717, 1.165) is 22.7 Å². The highest BCUT2D eigenvalue weighted by atomic mass is 32.2. The molecule has 2 aliphatic heterocycles. The van der Waals surface area contributed by atoms with E-state index in [0.29, 0.717) is 20.5 Å². The maximum Gasteiger partial charge on any atom is 0.276 e. The molecule has 2 aliphatic rings. The Labute approximate surface area is 219 Å². The first kappa shape index (κ1) is 24.4. The van der Waals surface area contributed by atoms with Crippen molar-refractivity contribution in [3.8, 4) is 0 Å². The molecule has 0 radical (unpaired) electrons. The largest absolute Gasteiger partial charge is 0.410 e. The zero-order valence-corrected chi connectivity index (χ0v) is 21.1. The number of rotatable bonds is 5. The number of nitrogens with zero attached hydrogens (tertiary/aromatic N) is 3. The summed E-state index contributed by atoms with van der Waals surface area (Å²) in [4.78, 5) is 56.4. The number of nitrogen functional groups attached to an aromatic ring is 1. The summed E-state index contributed by atoms with van der Waals surface area (Å²) in [6, 6.07) is 4.17. The van der Waals surface area contributed by atoms with E-state index in [1.54, 1.807) is 0 Å². The Morgan fingerprint density at radius 1 is 1.31 bits per heavy atom. The third kappa shape index (κ3) is 4.07. The summed E-state index contributed by atoms with van der Waals surface area (Å²) >= 11 is 7.38. The number of amides is 2. The van der Waals surface area contributed by atoms with Gasteiger partial charge in [-0.15, -0.1) is 34.4 Å². The number of hydrogen-bond acceptors (Lipinski definition) is 11. The van der Waals surface area contributed by atoms with Crippen LogP contribution in [0.15, 0.2) is 45.3 Å². The molecule has 36 heavy (non-hydrogen) atoms. The van der Waals surface area contributed by atoms with Crippen LogP contribution >= 0.6 is 47.1 Å². The smallest absolute Gasteiger partial charge is 0.276 e. The van der Waals surface area contributed by atoms with Crippen LogP contribution in [-0.2, 0) is 14.4 Å². The number of fused-ring (bicyclic) bond motifs is 2. The van der Waals surface area contributed by atoms with E-state index in [2.05, 4.69) is 28.1 Å². The summed E-state index contributed by atoms with van der Waals surface area (Å²) in [6.45, 7) is 0. The van der Waals surface area contributed by atoms with Gasteiger partial charge in [0.05, 0.1) is 0 Å². The number of benzene rings is 1. The lowest BCUT2D eigenvalue weighted by atomic mass is 10.0. The lowest BCUT2D eigenvalue weighted by molar-refractivity contribution is -0.145. The average Bonchev–Trinajstić information content (AvgIpc) is 3.27. The van der Waals surface area contributed by atoms with Crippen molar-refractivity contribution in [2.75, 3.05) is 11.5 Å².